The highest BCUT2D eigenvalue weighted by atomic mass is 32.2. The van der Waals surface area contributed by atoms with E-state index in [9.17, 15) is 0 Å². The van der Waals surface area contributed by atoms with Crippen molar-refractivity contribution >= 4 is 23.2 Å². The minimum Gasteiger partial charge on any atom is -0.383 e. The topological polar surface area (TPSA) is 38.9 Å². The molecule has 0 fully saturated rings. The molecule has 0 atom stereocenters. The third kappa shape index (κ3) is 1.61. The molecule has 0 aromatic carbocycles. The highest BCUT2D eigenvalue weighted by Gasteiger charge is 2.05. The number of pyridine rings is 1. The van der Waals surface area contributed by atoms with Gasteiger partial charge in [-0.3, -0.25) is 0 Å². The third-order valence-corrected chi connectivity index (χ3v) is 2.43. The van der Waals surface area contributed by atoms with Gasteiger partial charge in [0.05, 0.1) is 4.90 Å². The molecule has 0 amide bonds. The molecule has 0 aliphatic heterocycles. The van der Waals surface area contributed by atoms with Gasteiger partial charge in [-0.1, -0.05) is 6.58 Å². The lowest BCUT2D eigenvalue weighted by Crippen LogP contribution is -1.95. The zero-order valence-electron chi connectivity index (χ0n) is 7.29. The van der Waals surface area contributed by atoms with Gasteiger partial charge in [0.25, 0.3) is 0 Å². The van der Waals surface area contributed by atoms with Gasteiger partial charge >= 0.3 is 0 Å². The van der Waals surface area contributed by atoms with Crippen molar-refractivity contribution in [1.82, 2.24) is 4.98 Å². The summed E-state index contributed by atoms with van der Waals surface area (Å²) >= 11 is 1.60. The van der Waals surface area contributed by atoms with E-state index in [1.807, 2.05) is 19.2 Å². The van der Waals surface area contributed by atoms with E-state index in [0.717, 1.165) is 16.0 Å². The first-order valence-corrected chi connectivity index (χ1v) is 4.83. The molecule has 1 heterocycles. The number of hydrogen-bond donors (Lipinski definition) is 1. The van der Waals surface area contributed by atoms with E-state index in [2.05, 4.69) is 11.6 Å². The SMILES string of the molecule is C=C(C)c1ccnc(N)c1SC. The smallest absolute Gasteiger partial charge is 0.137 e. The second-order valence-corrected chi connectivity index (χ2v) is 3.37. The number of nitrogen functional groups attached to an aromatic ring is 1. The van der Waals surface area contributed by atoms with Crippen LogP contribution in [0.3, 0.4) is 0 Å². The fourth-order valence-electron chi connectivity index (χ4n) is 1.01. The maximum absolute atomic E-state index is 5.70. The summed E-state index contributed by atoms with van der Waals surface area (Å²) in [7, 11) is 0. The Hall–Kier alpha value is -0.960. The summed E-state index contributed by atoms with van der Waals surface area (Å²) in [5.41, 5.74) is 7.81. The Kier molecular flexibility index (Phi) is 2.76. The Morgan fingerprint density at radius 1 is 1.67 bits per heavy atom. The van der Waals surface area contributed by atoms with E-state index in [0.29, 0.717) is 5.82 Å². The van der Waals surface area contributed by atoms with Crippen LogP contribution < -0.4 is 5.73 Å². The van der Waals surface area contributed by atoms with Gasteiger partial charge in [-0.15, -0.1) is 11.8 Å². The number of allylic oxidation sites excluding steroid dienone is 1. The number of nitrogens with two attached hydrogens (primary N) is 1. The van der Waals surface area contributed by atoms with Gasteiger partial charge in [-0.2, -0.15) is 0 Å². The van der Waals surface area contributed by atoms with E-state index >= 15 is 0 Å². The first kappa shape index (κ1) is 9.13. The lowest BCUT2D eigenvalue weighted by atomic mass is 10.1. The summed E-state index contributed by atoms with van der Waals surface area (Å²) in [5.74, 6) is 0.586. The number of thioether (sulfide) groups is 1. The van der Waals surface area contributed by atoms with E-state index in [4.69, 9.17) is 5.73 Å². The molecular weight excluding hydrogens is 168 g/mol. The molecular formula is C9H12N2S. The van der Waals surface area contributed by atoms with Gasteiger partial charge in [-0.05, 0) is 30.4 Å². The Morgan fingerprint density at radius 3 is 2.75 bits per heavy atom. The molecule has 0 radical (unpaired) electrons. The Labute approximate surface area is 76.9 Å². The molecule has 3 heteroatoms. The first-order valence-electron chi connectivity index (χ1n) is 3.61. The summed E-state index contributed by atoms with van der Waals surface area (Å²) in [6, 6.07) is 1.94. The van der Waals surface area contributed by atoms with E-state index in [-0.39, 0.29) is 0 Å². The number of nitrogens with zero attached hydrogens (tertiary/aromatic N) is 1. The van der Waals surface area contributed by atoms with Crippen LogP contribution in [0.1, 0.15) is 12.5 Å². The molecule has 0 saturated carbocycles. The van der Waals surface area contributed by atoms with Gasteiger partial charge < -0.3 is 5.73 Å². The van der Waals surface area contributed by atoms with Crippen molar-refractivity contribution in [3.05, 3.63) is 24.4 Å². The van der Waals surface area contributed by atoms with Crippen LogP contribution in [0.4, 0.5) is 5.82 Å². The predicted octanol–water partition coefficient (Wildman–Crippen LogP) is 2.42. The number of hydrogen-bond acceptors (Lipinski definition) is 3. The number of rotatable bonds is 2. The van der Waals surface area contributed by atoms with Crippen molar-refractivity contribution in [2.24, 2.45) is 0 Å². The van der Waals surface area contributed by atoms with Crippen LogP contribution in [-0.2, 0) is 0 Å². The zero-order chi connectivity index (χ0) is 9.14. The lowest BCUT2D eigenvalue weighted by Gasteiger charge is -2.07. The van der Waals surface area contributed by atoms with Crippen molar-refractivity contribution in [2.45, 2.75) is 11.8 Å². The minimum absolute atomic E-state index is 0.586. The highest BCUT2D eigenvalue weighted by Crippen LogP contribution is 2.28. The van der Waals surface area contributed by atoms with Crippen LogP contribution in [0.15, 0.2) is 23.7 Å². The van der Waals surface area contributed by atoms with Crippen molar-refractivity contribution in [1.29, 1.82) is 0 Å². The lowest BCUT2D eigenvalue weighted by molar-refractivity contribution is 1.23. The van der Waals surface area contributed by atoms with E-state index in [1.165, 1.54) is 0 Å². The first-order chi connectivity index (χ1) is 5.66. The van der Waals surface area contributed by atoms with Gasteiger partial charge in [0.15, 0.2) is 0 Å². The molecule has 0 saturated heterocycles. The molecule has 2 N–H and O–H groups in total. The molecule has 1 aromatic rings. The molecule has 64 valence electrons. The third-order valence-electron chi connectivity index (χ3n) is 1.60. The summed E-state index contributed by atoms with van der Waals surface area (Å²) < 4.78 is 0. The van der Waals surface area contributed by atoms with Crippen LogP contribution in [0, 0.1) is 0 Å². The number of anilines is 1. The molecule has 0 aliphatic rings. The molecule has 0 bridgehead atoms. The van der Waals surface area contributed by atoms with Crippen LogP contribution in [0.25, 0.3) is 5.57 Å². The molecule has 0 aliphatic carbocycles. The maximum Gasteiger partial charge on any atom is 0.137 e. The van der Waals surface area contributed by atoms with Gasteiger partial charge in [0.2, 0.25) is 0 Å². The van der Waals surface area contributed by atoms with Crippen LogP contribution in [-0.4, -0.2) is 11.2 Å². The Bertz CT molecular complexity index is 307. The van der Waals surface area contributed by atoms with Gasteiger partial charge in [0.1, 0.15) is 5.82 Å². The van der Waals surface area contributed by atoms with Crippen molar-refractivity contribution in [3.63, 3.8) is 0 Å². The second-order valence-electron chi connectivity index (χ2n) is 2.56. The fourth-order valence-corrected chi connectivity index (χ4v) is 1.74. The van der Waals surface area contributed by atoms with Crippen molar-refractivity contribution < 1.29 is 0 Å². The predicted molar refractivity (Wildman–Crippen MR) is 55.1 cm³/mol. The monoisotopic (exact) mass is 180 g/mol. The number of aromatic nitrogens is 1. The van der Waals surface area contributed by atoms with Gasteiger partial charge in [-0.25, -0.2) is 4.98 Å². The molecule has 2 nitrogen and oxygen atoms in total. The fraction of sp³-hybridized carbons (Fsp3) is 0.222. The van der Waals surface area contributed by atoms with Crippen molar-refractivity contribution in [3.8, 4) is 0 Å². The normalized spacial score (nSPS) is 9.83. The Morgan fingerprint density at radius 2 is 2.33 bits per heavy atom. The maximum atomic E-state index is 5.70. The molecule has 0 unspecified atom stereocenters. The van der Waals surface area contributed by atoms with Crippen LogP contribution in [0.5, 0.6) is 0 Å². The molecule has 1 rings (SSSR count). The minimum atomic E-state index is 0.586. The standard InChI is InChI=1S/C9H12N2S/c1-6(2)7-4-5-11-9(10)8(7)12-3/h4-5H,1H2,2-3H3,(H2,10,11). The average Bonchev–Trinajstić information content (AvgIpc) is 2.03. The molecule has 12 heavy (non-hydrogen) atoms. The summed E-state index contributed by atoms with van der Waals surface area (Å²) in [4.78, 5) is 5.03. The quantitative estimate of drug-likeness (QED) is 0.710. The molecule has 1 aromatic heterocycles. The molecule has 0 spiro atoms. The summed E-state index contributed by atoms with van der Waals surface area (Å²) in [6.07, 6.45) is 3.69. The van der Waals surface area contributed by atoms with E-state index in [1.54, 1.807) is 18.0 Å². The Balaban J connectivity index is 3.27. The van der Waals surface area contributed by atoms with E-state index < -0.39 is 0 Å². The second kappa shape index (κ2) is 3.63. The summed E-state index contributed by atoms with van der Waals surface area (Å²) in [6.45, 7) is 5.85. The van der Waals surface area contributed by atoms with Gasteiger partial charge in [0, 0.05) is 6.20 Å². The zero-order valence-corrected chi connectivity index (χ0v) is 8.11. The van der Waals surface area contributed by atoms with Crippen LogP contribution in [0.2, 0.25) is 0 Å². The average molecular weight is 180 g/mol. The van der Waals surface area contributed by atoms with Crippen LogP contribution >= 0.6 is 11.8 Å². The summed E-state index contributed by atoms with van der Waals surface area (Å²) in [5, 5.41) is 0. The van der Waals surface area contributed by atoms with Crippen molar-refractivity contribution in [2.75, 3.05) is 12.0 Å². The highest BCUT2D eigenvalue weighted by molar-refractivity contribution is 7.98. The largest absolute Gasteiger partial charge is 0.383 e.